The maximum absolute atomic E-state index is 12.0. The van der Waals surface area contributed by atoms with Crippen LogP contribution in [-0.4, -0.2) is 22.3 Å². The Morgan fingerprint density at radius 2 is 2.04 bits per heavy atom. The van der Waals surface area contributed by atoms with Gasteiger partial charge in [-0.2, -0.15) is 0 Å². The molecule has 0 amide bonds. The maximum Gasteiger partial charge on any atom is 0.309 e. The summed E-state index contributed by atoms with van der Waals surface area (Å²) in [6.45, 7) is 14.1. The van der Waals surface area contributed by atoms with Gasteiger partial charge in [0.05, 0.1) is 11.5 Å². The van der Waals surface area contributed by atoms with E-state index in [0.717, 1.165) is 24.8 Å². The van der Waals surface area contributed by atoms with E-state index in [1.165, 1.54) is 5.57 Å². The first-order valence-electron chi connectivity index (χ1n) is 8.53. The molecule has 0 aliphatic heterocycles. The van der Waals surface area contributed by atoms with E-state index in [2.05, 4.69) is 26.2 Å². The minimum absolute atomic E-state index is 0.0730. The lowest BCUT2D eigenvalue weighted by Crippen LogP contribution is -2.56. The quantitative estimate of drug-likeness (QED) is 0.599. The number of aliphatic carboxylic acids is 1. The van der Waals surface area contributed by atoms with Crippen LogP contribution in [0.25, 0.3) is 0 Å². The molecule has 2 fully saturated rings. The third kappa shape index (κ3) is 3.03. The number of carbonyl (C=O) groups is 1. The van der Waals surface area contributed by atoms with Gasteiger partial charge in [0.15, 0.2) is 0 Å². The molecule has 3 nitrogen and oxygen atoms in total. The Bertz CT molecular complexity index is 547. The van der Waals surface area contributed by atoms with Gasteiger partial charge in [0.1, 0.15) is 0 Å². The van der Waals surface area contributed by atoms with Crippen molar-refractivity contribution in [3.8, 4) is 0 Å². The van der Waals surface area contributed by atoms with Gasteiger partial charge in [-0.3, -0.25) is 4.79 Å². The third-order valence-electron chi connectivity index (χ3n) is 6.43. The Morgan fingerprint density at radius 3 is 2.61 bits per heavy atom. The van der Waals surface area contributed by atoms with Gasteiger partial charge in [-0.15, -0.1) is 0 Å². The summed E-state index contributed by atoms with van der Waals surface area (Å²) in [6.07, 6.45) is 7.02. The standard InChI is InChI=1S/C20H30O3/c1-6-13(2)7-9-16-14(3)8-10-17-19(16,4)11-15(21)12-20(17,5)18(22)23/h6-7,15-17,21H,1,3,8-12H2,2,4-5H3,(H,22,23). The summed E-state index contributed by atoms with van der Waals surface area (Å²) in [7, 11) is 0. The van der Waals surface area contributed by atoms with E-state index < -0.39 is 17.5 Å². The van der Waals surface area contributed by atoms with Crippen molar-refractivity contribution in [2.45, 2.75) is 59.0 Å². The number of fused-ring (bicyclic) bond motifs is 1. The average molecular weight is 318 g/mol. The summed E-state index contributed by atoms with van der Waals surface area (Å²) >= 11 is 0. The zero-order chi connectivity index (χ0) is 17.4. The van der Waals surface area contributed by atoms with Crippen molar-refractivity contribution in [3.63, 3.8) is 0 Å². The van der Waals surface area contributed by atoms with Crippen molar-refractivity contribution >= 4 is 5.97 Å². The first kappa shape index (κ1) is 18.0. The van der Waals surface area contributed by atoms with Crippen LogP contribution in [0.3, 0.4) is 0 Å². The van der Waals surface area contributed by atoms with E-state index in [1.54, 1.807) is 0 Å². The Balaban J connectivity index is 2.42. The molecule has 5 unspecified atom stereocenters. The molecule has 2 aliphatic carbocycles. The lowest BCUT2D eigenvalue weighted by atomic mass is 9.46. The van der Waals surface area contributed by atoms with Crippen LogP contribution in [0.15, 0.2) is 36.5 Å². The normalized spacial score (nSPS) is 41.3. The van der Waals surface area contributed by atoms with E-state index in [1.807, 2.05) is 19.9 Å². The molecule has 0 heterocycles. The molecule has 0 saturated heterocycles. The van der Waals surface area contributed by atoms with Crippen molar-refractivity contribution in [1.82, 2.24) is 0 Å². The van der Waals surface area contributed by atoms with Crippen molar-refractivity contribution < 1.29 is 15.0 Å². The van der Waals surface area contributed by atoms with Gasteiger partial charge in [0, 0.05) is 0 Å². The number of rotatable bonds is 4. The molecule has 0 aromatic carbocycles. The van der Waals surface area contributed by atoms with Crippen LogP contribution in [0.2, 0.25) is 0 Å². The molecule has 0 bridgehead atoms. The molecule has 5 atom stereocenters. The topological polar surface area (TPSA) is 57.5 Å². The highest BCUT2D eigenvalue weighted by Gasteiger charge is 2.59. The van der Waals surface area contributed by atoms with Crippen LogP contribution in [-0.2, 0) is 4.79 Å². The lowest BCUT2D eigenvalue weighted by Gasteiger charge is -2.58. The van der Waals surface area contributed by atoms with E-state index in [9.17, 15) is 15.0 Å². The van der Waals surface area contributed by atoms with Gasteiger partial charge < -0.3 is 10.2 Å². The fourth-order valence-electron chi connectivity index (χ4n) is 5.14. The molecular weight excluding hydrogens is 288 g/mol. The Labute approximate surface area is 139 Å². The predicted octanol–water partition coefficient (Wildman–Crippen LogP) is 4.34. The van der Waals surface area contributed by atoms with Gasteiger partial charge in [0.25, 0.3) is 0 Å². The lowest BCUT2D eigenvalue weighted by molar-refractivity contribution is -0.173. The molecule has 0 radical (unpaired) electrons. The Kier molecular flexibility index (Phi) is 4.91. The molecular formula is C20H30O3. The Morgan fingerprint density at radius 1 is 1.39 bits per heavy atom. The van der Waals surface area contributed by atoms with Crippen LogP contribution in [0.5, 0.6) is 0 Å². The second kappa shape index (κ2) is 6.27. The first-order chi connectivity index (χ1) is 10.6. The summed E-state index contributed by atoms with van der Waals surface area (Å²) in [5, 5.41) is 20.2. The number of carboxylic acids is 1. The predicted molar refractivity (Wildman–Crippen MR) is 93.0 cm³/mol. The van der Waals surface area contributed by atoms with Gasteiger partial charge >= 0.3 is 5.97 Å². The fraction of sp³-hybridized carbons (Fsp3) is 0.650. The molecule has 2 N–H and O–H groups in total. The highest BCUT2D eigenvalue weighted by Crippen LogP contribution is 2.61. The van der Waals surface area contributed by atoms with Crippen molar-refractivity contribution in [3.05, 3.63) is 36.5 Å². The largest absolute Gasteiger partial charge is 0.481 e. The van der Waals surface area contributed by atoms with Crippen LogP contribution < -0.4 is 0 Å². The number of hydrogen-bond acceptors (Lipinski definition) is 2. The minimum atomic E-state index is -0.859. The maximum atomic E-state index is 12.0. The van der Waals surface area contributed by atoms with Crippen LogP contribution in [0.1, 0.15) is 52.9 Å². The summed E-state index contributed by atoms with van der Waals surface area (Å²) in [5.74, 6) is -0.495. The monoisotopic (exact) mass is 318 g/mol. The number of allylic oxidation sites excluding steroid dienone is 4. The molecule has 0 aromatic rings. The summed E-state index contributed by atoms with van der Waals surface area (Å²) < 4.78 is 0. The molecule has 2 rings (SSSR count). The Hall–Kier alpha value is -1.35. The molecule has 0 spiro atoms. The zero-order valence-electron chi connectivity index (χ0n) is 14.6. The summed E-state index contributed by atoms with van der Waals surface area (Å²) in [5.41, 5.74) is 1.24. The average Bonchev–Trinajstić information content (AvgIpc) is 2.44. The van der Waals surface area contributed by atoms with Crippen molar-refractivity contribution in [2.24, 2.45) is 22.7 Å². The SMILES string of the molecule is C=CC(C)=CCC1C(=C)CCC2C(C)(C(=O)O)CC(O)CC12C. The molecule has 128 valence electrons. The number of hydrogen-bond donors (Lipinski definition) is 2. The van der Waals surface area contributed by atoms with E-state index in [4.69, 9.17) is 0 Å². The van der Waals surface area contributed by atoms with Gasteiger partial charge in [-0.25, -0.2) is 0 Å². The van der Waals surface area contributed by atoms with E-state index in [0.29, 0.717) is 12.8 Å². The third-order valence-corrected chi connectivity index (χ3v) is 6.43. The first-order valence-corrected chi connectivity index (χ1v) is 8.53. The molecule has 2 aliphatic rings. The minimum Gasteiger partial charge on any atom is -0.481 e. The van der Waals surface area contributed by atoms with Gasteiger partial charge in [-0.05, 0) is 63.2 Å². The van der Waals surface area contributed by atoms with Crippen molar-refractivity contribution in [2.75, 3.05) is 0 Å². The van der Waals surface area contributed by atoms with Crippen LogP contribution in [0.4, 0.5) is 0 Å². The van der Waals surface area contributed by atoms with Gasteiger partial charge in [0.2, 0.25) is 0 Å². The second-order valence-corrected chi connectivity index (χ2v) is 7.98. The number of aliphatic hydroxyl groups excluding tert-OH is 1. The molecule has 2 saturated carbocycles. The van der Waals surface area contributed by atoms with Gasteiger partial charge in [-0.1, -0.05) is 43.4 Å². The highest BCUT2D eigenvalue weighted by molar-refractivity contribution is 5.75. The summed E-state index contributed by atoms with van der Waals surface area (Å²) in [4.78, 5) is 12.0. The fourth-order valence-corrected chi connectivity index (χ4v) is 5.14. The molecule has 0 aromatic heterocycles. The zero-order valence-corrected chi connectivity index (χ0v) is 14.6. The molecule has 23 heavy (non-hydrogen) atoms. The van der Waals surface area contributed by atoms with E-state index >= 15 is 0 Å². The molecule has 3 heteroatoms. The van der Waals surface area contributed by atoms with E-state index in [-0.39, 0.29) is 17.3 Å². The second-order valence-electron chi connectivity index (χ2n) is 7.98. The number of aliphatic hydroxyl groups is 1. The van der Waals surface area contributed by atoms with Crippen LogP contribution >= 0.6 is 0 Å². The summed E-state index contributed by atoms with van der Waals surface area (Å²) in [6, 6.07) is 0. The number of carboxylic acid groups (broad SMARTS) is 1. The highest BCUT2D eigenvalue weighted by atomic mass is 16.4. The smallest absolute Gasteiger partial charge is 0.309 e. The van der Waals surface area contributed by atoms with Crippen molar-refractivity contribution in [1.29, 1.82) is 0 Å². The van der Waals surface area contributed by atoms with Crippen LogP contribution in [0, 0.1) is 22.7 Å².